The molecular weight excluding hydrogens is 182 g/mol. The summed E-state index contributed by atoms with van der Waals surface area (Å²) in [5.74, 6) is 0. The molecule has 0 aromatic carbocycles. The molecule has 2 rings (SSSR count). The predicted molar refractivity (Wildman–Crippen MR) is 51.8 cm³/mol. The van der Waals surface area contributed by atoms with Crippen molar-refractivity contribution in [3.05, 3.63) is 39.3 Å². The first-order chi connectivity index (χ1) is 6.59. The van der Waals surface area contributed by atoms with E-state index in [0.717, 1.165) is 11.1 Å². The normalized spacial score (nSPS) is 24.8. The van der Waals surface area contributed by atoms with Crippen LogP contribution in [0.25, 0.3) is 6.08 Å². The van der Waals surface area contributed by atoms with Crippen LogP contribution in [-0.2, 0) is 0 Å². The number of aromatic nitrogens is 1. The number of aromatic amines is 1. The van der Waals surface area contributed by atoms with E-state index in [4.69, 9.17) is 0 Å². The Kier molecular flexibility index (Phi) is 2.02. The molecule has 0 saturated carbocycles. The molecule has 14 heavy (non-hydrogen) atoms. The summed E-state index contributed by atoms with van der Waals surface area (Å²) >= 11 is 0. The van der Waals surface area contributed by atoms with Crippen LogP contribution in [0.4, 0.5) is 0 Å². The first kappa shape index (κ1) is 9.18. The van der Waals surface area contributed by atoms with Gasteiger partial charge in [-0.2, -0.15) is 0 Å². The van der Waals surface area contributed by atoms with Gasteiger partial charge in [0.15, 0.2) is 0 Å². The molecule has 0 saturated heterocycles. The van der Waals surface area contributed by atoms with Crippen LogP contribution in [-0.4, -0.2) is 21.3 Å². The zero-order valence-electron chi connectivity index (χ0n) is 7.69. The molecule has 2 unspecified atom stereocenters. The third-order valence-electron chi connectivity index (χ3n) is 2.40. The van der Waals surface area contributed by atoms with E-state index in [2.05, 4.69) is 4.98 Å². The molecule has 1 aromatic rings. The van der Waals surface area contributed by atoms with Crippen LogP contribution in [0.2, 0.25) is 0 Å². The highest BCUT2D eigenvalue weighted by Crippen LogP contribution is 2.26. The van der Waals surface area contributed by atoms with Crippen molar-refractivity contribution in [1.82, 2.24) is 4.98 Å². The standard InChI is InChI=1S/C10H11NO3/c1-5-4-8(13)11-9-6(5)2-3-7(12)10(9)14/h2-4,7,10,12,14H,1H3,(H,11,13). The van der Waals surface area contributed by atoms with E-state index in [1.807, 2.05) is 0 Å². The Bertz CT molecular complexity index is 447. The molecule has 1 heterocycles. The maximum Gasteiger partial charge on any atom is 0.248 e. The Labute approximate surface area is 80.5 Å². The average molecular weight is 193 g/mol. The van der Waals surface area contributed by atoms with Gasteiger partial charge in [0.05, 0.1) is 5.69 Å². The number of nitrogens with one attached hydrogen (secondary N) is 1. The molecule has 1 aliphatic rings. The monoisotopic (exact) mass is 193 g/mol. The molecular formula is C10H11NO3. The van der Waals surface area contributed by atoms with E-state index in [1.54, 1.807) is 13.0 Å². The Hall–Kier alpha value is -1.39. The van der Waals surface area contributed by atoms with E-state index in [9.17, 15) is 15.0 Å². The SMILES string of the molecule is Cc1cc(=O)[nH]c2c1C=CC(O)C2O. The number of hydrogen-bond acceptors (Lipinski definition) is 3. The topological polar surface area (TPSA) is 73.3 Å². The summed E-state index contributed by atoms with van der Waals surface area (Å²) in [6, 6.07) is 1.47. The van der Waals surface area contributed by atoms with E-state index >= 15 is 0 Å². The molecule has 1 aromatic heterocycles. The van der Waals surface area contributed by atoms with Crippen molar-refractivity contribution in [1.29, 1.82) is 0 Å². The number of aliphatic hydroxyl groups is 2. The molecule has 1 aliphatic carbocycles. The Morgan fingerprint density at radius 1 is 1.43 bits per heavy atom. The maximum absolute atomic E-state index is 11.1. The van der Waals surface area contributed by atoms with Gasteiger partial charge in [-0.3, -0.25) is 4.79 Å². The van der Waals surface area contributed by atoms with Crippen LogP contribution >= 0.6 is 0 Å². The lowest BCUT2D eigenvalue weighted by Gasteiger charge is -2.22. The summed E-state index contributed by atoms with van der Waals surface area (Å²) in [7, 11) is 0. The van der Waals surface area contributed by atoms with Crippen LogP contribution in [0.1, 0.15) is 22.9 Å². The number of pyridine rings is 1. The fraction of sp³-hybridized carbons (Fsp3) is 0.300. The number of aryl methyl sites for hydroxylation is 1. The molecule has 0 bridgehead atoms. The van der Waals surface area contributed by atoms with Gasteiger partial charge < -0.3 is 15.2 Å². The number of fused-ring (bicyclic) bond motifs is 1. The van der Waals surface area contributed by atoms with Crippen molar-refractivity contribution in [3.8, 4) is 0 Å². The molecule has 74 valence electrons. The third-order valence-corrected chi connectivity index (χ3v) is 2.40. The largest absolute Gasteiger partial charge is 0.386 e. The molecule has 0 fully saturated rings. The van der Waals surface area contributed by atoms with Gasteiger partial charge in [0, 0.05) is 6.07 Å². The maximum atomic E-state index is 11.1. The van der Waals surface area contributed by atoms with E-state index < -0.39 is 12.2 Å². The van der Waals surface area contributed by atoms with Crippen LogP contribution in [0.5, 0.6) is 0 Å². The van der Waals surface area contributed by atoms with Gasteiger partial charge >= 0.3 is 0 Å². The Morgan fingerprint density at radius 2 is 2.14 bits per heavy atom. The highest BCUT2D eigenvalue weighted by Gasteiger charge is 2.24. The minimum atomic E-state index is -1.04. The van der Waals surface area contributed by atoms with Crippen molar-refractivity contribution >= 4 is 6.08 Å². The van der Waals surface area contributed by atoms with E-state index in [1.165, 1.54) is 12.1 Å². The summed E-state index contributed by atoms with van der Waals surface area (Å²) in [5.41, 5.74) is 1.71. The molecule has 0 aliphatic heterocycles. The summed E-state index contributed by atoms with van der Waals surface area (Å²) in [4.78, 5) is 13.7. The molecule has 4 heteroatoms. The van der Waals surface area contributed by atoms with Gasteiger partial charge in [-0.1, -0.05) is 12.2 Å². The van der Waals surface area contributed by atoms with Crippen molar-refractivity contribution in [3.63, 3.8) is 0 Å². The summed E-state index contributed by atoms with van der Waals surface area (Å²) in [5, 5.41) is 19.0. The van der Waals surface area contributed by atoms with Gasteiger partial charge in [-0.25, -0.2) is 0 Å². The second-order valence-electron chi connectivity index (χ2n) is 3.44. The molecule has 0 radical (unpaired) electrons. The van der Waals surface area contributed by atoms with Gasteiger partial charge in [-0.15, -0.1) is 0 Å². The number of H-pyrrole nitrogens is 1. The highest BCUT2D eigenvalue weighted by molar-refractivity contribution is 5.59. The summed E-state index contributed by atoms with van der Waals surface area (Å²) in [6.07, 6.45) is 1.23. The lowest BCUT2D eigenvalue weighted by molar-refractivity contribution is 0.0438. The Morgan fingerprint density at radius 3 is 2.86 bits per heavy atom. The average Bonchev–Trinajstić information content (AvgIpc) is 2.12. The lowest BCUT2D eigenvalue weighted by Crippen LogP contribution is -2.24. The zero-order valence-corrected chi connectivity index (χ0v) is 7.69. The highest BCUT2D eigenvalue weighted by atomic mass is 16.3. The quantitative estimate of drug-likeness (QED) is 0.547. The minimum absolute atomic E-state index is 0.261. The van der Waals surface area contributed by atoms with Crippen LogP contribution < -0.4 is 5.56 Å². The second-order valence-corrected chi connectivity index (χ2v) is 3.44. The lowest BCUT2D eigenvalue weighted by atomic mass is 9.95. The fourth-order valence-electron chi connectivity index (χ4n) is 1.65. The molecule has 2 atom stereocenters. The predicted octanol–water partition coefficient (Wildman–Crippen LogP) is 0.104. The van der Waals surface area contributed by atoms with Gasteiger partial charge in [0.1, 0.15) is 12.2 Å². The van der Waals surface area contributed by atoms with E-state index in [0.29, 0.717) is 5.69 Å². The summed E-state index contributed by atoms with van der Waals surface area (Å²) in [6.45, 7) is 1.79. The molecule has 4 nitrogen and oxygen atoms in total. The third kappa shape index (κ3) is 1.29. The first-order valence-corrected chi connectivity index (χ1v) is 4.38. The number of aliphatic hydroxyl groups excluding tert-OH is 2. The van der Waals surface area contributed by atoms with E-state index in [-0.39, 0.29) is 5.56 Å². The smallest absolute Gasteiger partial charge is 0.248 e. The molecule has 0 spiro atoms. The first-order valence-electron chi connectivity index (χ1n) is 4.38. The fourth-order valence-corrected chi connectivity index (χ4v) is 1.65. The van der Waals surface area contributed by atoms with Crippen LogP contribution in [0.15, 0.2) is 16.9 Å². The van der Waals surface area contributed by atoms with Crippen molar-refractivity contribution in [2.45, 2.75) is 19.1 Å². The minimum Gasteiger partial charge on any atom is -0.386 e. The van der Waals surface area contributed by atoms with Crippen molar-refractivity contribution < 1.29 is 10.2 Å². The van der Waals surface area contributed by atoms with Crippen molar-refractivity contribution in [2.24, 2.45) is 0 Å². The van der Waals surface area contributed by atoms with Crippen molar-refractivity contribution in [2.75, 3.05) is 0 Å². The van der Waals surface area contributed by atoms with Gasteiger partial charge in [-0.05, 0) is 18.1 Å². The molecule has 3 N–H and O–H groups in total. The number of hydrogen-bond donors (Lipinski definition) is 3. The van der Waals surface area contributed by atoms with Crippen LogP contribution in [0, 0.1) is 6.92 Å². The second kappa shape index (κ2) is 3.08. The zero-order chi connectivity index (χ0) is 10.3. The number of rotatable bonds is 0. The summed E-state index contributed by atoms with van der Waals surface area (Å²) < 4.78 is 0. The molecule has 0 amide bonds. The van der Waals surface area contributed by atoms with Crippen LogP contribution in [0.3, 0.4) is 0 Å². The van der Waals surface area contributed by atoms with Gasteiger partial charge in [0.2, 0.25) is 5.56 Å². The Balaban J connectivity index is 2.68. The van der Waals surface area contributed by atoms with Gasteiger partial charge in [0.25, 0.3) is 0 Å².